The number of rotatable bonds is 2. The highest BCUT2D eigenvalue weighted by Crippen LogP contribution is 2.15. The van der Waals surface area contributed by atoms with Crippen LogP contribution in [0.15, 0.2) is 49.1 Å². The summed E-state index contributed by atoms with van der Waals surface area (Å²) in [5.74, 6) is 0.802. The molecule has 0 saturated heterocycles. The second-order valence-corrected chi connectivity index (χ2v) is 3.82. The Hall–Kier alpha value is -2.20. The summed E-state index contributed by atoms with van der Waals surface area (Å²) in [4.78, 5) is 8.43. The van der Waals surface area contributed by atoms with Gasteiger partial charge in [-0.15, -0.1) is 0 Å². The van der Waals surface area contributed by atoms with E-state index in [0.29, 0.717) is 5.69 Å². The maximum Gasteiger partial charge on any atom is 0.138 e. The highest BCUT2D eigenvalue weighted by Gasteiger charge is 2.02. The first-order valence-electron chi connectivity index (χ1n) is 5.36. The molecule has 3 rings (SSSR count). The van der Waals surface area contributed by atoms with Crippen LogP contribution < -0.4 is 0 Å². The summed E-state index contributed by atoms with van der Waals surface area (Å²) in [7, 11) is 0. The van der Waals surface area contributed by atoms with Gasteiger partial charge in [-0.25, -0.2) is 9.97 Å². The van der Waals surface area contributed by atoms with Gasteiger partial charge in [-0.2, -0.15) is 0 Å². The predicted octanol–water partition coefficient (Wildman–Crippen LogP) is 1.91. The van der Waals surface area contributed by atoms with E-state index < -0.39 is 0 Å². The van der Waals surface area contributed by atoms with Gasteiger partial charge in [0.1, 0.15) is 12.1 Å². The number of pyridine rings is 1. The van der Waals surface area contributed by atoms with Crippen LogP contribution in [0.5, 0.6) is 0 Å². The Morgan fingerprint density at radius 2 is 1.94 bits per heavy atom. The number of imidazole rings is 1. The van der Waals surface area contributed by atoms with Crippen molar-refractivity contribution in [3.8, 4) is 5.82 Å². The first kappa shape index (κ1) is 9.99. The minimum atomic E-state index is -0.0550. The molecule has 0 aliphatic carbocycles. The SMILES string of the molecule is OCc1cn(-c2cc3ccccc3cn2)cn1. The van der Waals surface area contributed by atoms with Gasteiger partial charge in [0.05, 0.1) is 12.3 Å². The lowest BCUT2D eigenvalue weighted by Crippen LogP contribution is -1.93. The van der Waals surface area contributed by atoms with Gasteiger partial charge in [0.15, 0.2) is 0 Å². The lowest BCUT2D eigenvalue weighted by atomic mass is 10.2. The molecule has 0 spiro atoms. The second kappa shape index (κ2) is 3.99. The van der Waals surface area contributed by atoms with E-state index >= 15 is 0 Å². The fourth-order valence-corrected chi connectivity index (χ4v) is 1.78. The standard InChI is InChI=1S/C13H11N3O/c17-8-12-7-16(9-15-12)13-5-10-3-1-2-4-11(10)6-14-13/h1-7,9,17H,8H2. The lowest BCUT2D eigenvalue weighted by molar-refractivity contribution is 0.277. The Balaban J connectivity index is 2.11. The van der Waals surface area contributed by atoms with Crippen molar-refractivity contribution in [2.75, 3.05) is 0 Å². The van der Waals surface area contributed by atoms with Crippen LogP contribution in [0.25, 0.3) is 16.6 Å². The van der Waals surface area contributed by atoms with Crippen molar-refractivity contribution < 1.29 is 5.11 Å². The van der Waals surface area contributed by atoms with Crippen molar-refractivity contribution in [3.63, 3.8) is 0 Å². The third-order valence-corrected chi connectivity index (χ3v) is 2.68. The summed E-state index contributed by atoms with van der Waals surface area (Å²) in [5, 5.41) is 11.2. The molecule has 0 fully saturated rings. The van der Waals surface area contributed by atoms with Gasteiger partial charge in [-0.1, -0.05) is 24.3 Å². The zero-order chi connectivity index (χ0) is 11.7. The van der Waals surface area contributed by atoms with E-state index in [4.69, 9.17) is 5.11 Å². The number of aliphatic hydroxyl groups excluding tert-OH is 1. The molecular weight excluding hydrogens is 214 g/mol. The fourth-order valence-electron chi connectivity index (χ4n) is 1.78. The average molecular weight is 225 g/mol. The molecule has 0 atom stereocenters. The van der Waals surface area contributed by atoms with E-state index in [1.165, 1.54) is 0 Å². The smallest absolute Gasteiger partial charge is 0.138 e. The summed E-state index contributed by atoms with van der Waals surface area (Å²) >= 11 is 0. The number of aliphatic hydroxyl groups is 1. The molecule has 0 amide bonds. The first-order chi connectivity index (χ1) is 8.36. The van der Waals surface area contributed by atoms with E-state index in [0.717, 1.165) is 16.6 Å². The van der Waals surface area contributed by atoms with E-state index in [1.807, 2.05) is 36.5 Å². The number of aromatic nitrogens is 3. The molecule has 0 aliphatic heterocycles. The fraction of sp³-hybridized carbons (Fsp3) is 0.0769. The summed E-state index contributed by atoms with van der Waals surface area (Å²) in [6.07, 6.45) is 5.27. The zero-order valence-electron chi connectivity index (χ0n) is 9.11. The topological polar surface area (TPSA) is 50.9 Å². The van der Waals surface area contributed by atoms with Crippen LogP contribution in [-0.2, 0) is 6.61 Å². The molecule has 0 radical (unpaired) electrons. The van der Waals surface area contributed by atoms with Gasteiger partial charge < -0.3 is 5.11 Å². The van der Waals surface area contributed by atoms with Crippen molar-refractivity contribution in [2.24, 2.45) is 0 Å². The summed E-state index contributed by atoms with van der Waals surface area (Å²) in [5.41, 5.74) is 0.639. The van der Waals surface area contributed by atoms with Crippen LogP contribution in [0.1, 0.15) is 5.69 Å². The molecule has 84 valence electrons. The van der Waals surface area contributed by atoms with Crippen molar-refractivity contribution in [3.05, 3.63) is 54.7 Å². The van der Waals surface area contributed by atoms with Crippen LogP contribution in [0.2, 0.25) is 0 Å². The van der Waals surface area contributed by atoms with Gasteiger partial charge in [-0.05, 0) is 11.5 Å². The van der Waals surface area contributed by atoms with E-state index in [-0.39, 0.29) is 6.61 Å². The highest BCUT2D eigenvalue weighted by molar-refractivity contribution is 5.82. The zero-order valence-corrected chi connectivity index (χ0v) is 9.11. The Labute approximate surface area is 98.2 Å². The van der Waals surface area contributed by atoms with Gasteiger partial charge >= 0.3 is 0 Å². The van der Waals surface area contributed by atoms with Crippen molar-refractivity contribution >= 4 is 10.8 Å². The van der Waals surface area contributed by atoms with Crippen LogP contribution >= 0.6 is 0 Å². The van der Waals surface area contributed by atoms with Gasteiger partial charge in [0.25, 0.3) is 0 Å². The Bertz CT molecular complexity index is 660. The summed E-state index contributed by atoms with van der Waals surface area (Å²) in [6.45, 7) is -0.0550. The predicted molar refractivity (Wildman–Crippen MR) is 64.8 cm³/mol. The van der Waals surface area contributed by atoms with Crippen molar-refractivity contribution in [1.29, 1.82) is 0 Å². The molecule has 17 heavy (non-hydrogen) atoms. The van der Waals surface area contributed by atoms with Gasteiger partial charge in [0.2, 0.25) is 0 Å². The van der Waals surface area contributed by atoms with Crippen molar-refractivity contribution in [1.82, 2.24) is 14.5 Å². The molecule has 0 saturated carbocycles. The van der Waals surface area contributed by atoms with E-state index in [1.54, 1.807) is 17.1 Å². The molecule has 0 unspecified atom stereocenters. The first-order valence-corrected chi connectivity index (χ1v) is 5.36. The third-order valence-electron chi connectivity index (χ3n) is 2.68. The highest BCUT2D eigenvalue weighted by atomic mass is 16.3. The van der Waals surface area contributed by atoms with Crippen LogP contribution in [0.3, 0.4) is 0 Å². The molecular formula is C13H11N3O. The van der Waals surface area contributed by atoms with Crippen LogP contribution in [0, 0.1) is 0 Å². The minimum Gasteiger partial charge on any atom is -0.390 e. The summed E-state index contributed by atoms with van der Waals surface area (Å²) in [6, 6.07) is 10.1. The molecule has 0 bridgehead atoms. The van der Waals surface area contributed by atoms with Crippen molar-refractivity contribution in [2.45, 2.75) is 6.61 Å². The Morgan fingerprint density at radius 3 is 2.71 bits per heavy atom. The van der Waals surface area contributed by atoms with E-state index in [2.05, 4.69) is 9.97 Å². The third kappa shape index (κ3) is 1.79. The Morgan fingerprint density at radius 1 is 1.12 bits per heavy atom. The monoisotopic (exact) mass is 225 g/mol. The van der Waals surface area contributed by atoms with Crippen LogP contribution in [0.4, 0.5) is 0 Å². The molecule has 0 aliphatic rings. The maximum absolute atomic E-state index is 8.97. The quantitative estimate of drug-likeness (QED) is 0.724. The minimum absolute atomic E-state index is 0.0550. The lowest BCUT2D eigenvalue weighted by Gasteiger charge is -2.02. The average Bonchev–Trinajstić information content (AvgIpc) is 2.87. The largest absolute Gasteiger partial charge is 0.390 e. The van der Waals surface area contributed by atoms with Crippen LogP contribution in [-0.4, -0.2) is 19.6 Å². The molecule has 2 aromatic heterocycles. The molecule has 4 nitrogen and oxygen atoms in total. The number of hydrogen-bond donors (Lipinski definition) is 1. The molecule has 1 N–H and O–H groups in total. The van der Waals surface area contributed by atoms with Gasteiger partial charge in [-0.3, -0.25) is 4.57 Å². The van der Waals surface area contributed by atoms with Gasteiger partial charge in [0, 0.05) is 17.8 Å². The summed E-state index contributed by atoms with van der Waals surface area (Å²) < 4.78 is 1.80. The van der Waals surface area contributed by atoms with E-state index in [9.17, 15) is 0 Å². The maximum atomic E-state index is 8.97. The molecule has 1 aromatic carbocycles. The second-order valence-electron chi connectivity index (χ2n) is 3.82. The number of hydrogen-bond acceptors (Lipinski definition) is 3. The number of fused-ring (bicyclic) bond motifs is 1. The Kier molecular flexibility index (Phi) is 2.34. The molecule has 2 heterocycles. The molecule has 3 aromatic rings. The molecule has 4 heteroatoms. The number of nitrogens with zero attached hydrogens (tertiary/aromatic N) is 3. The normalized spacial score (nSPS) is 10.9. The number of benzene rings is 1.